The Morgan fingerprint density at radius 1 is 1.10 bits per heavy atom. The number of piperazine rings is 1. The van der Waals surface area contributed by atoms with Crippen LogP contribution in [0.3, 0.4) is 0 Å². The van der Waals surface area contributed by atoms with Crippen molar-refractivity contribution in [3.05, 3.63) is 42.9 Å². The van der Waals surface area contributed by atoms with Crippen molar-refractivity contribution in [3.8, 4) is 11.1 Å². The van der Waals surface area contributed by atoms with Crippen LogP contribution in [0.5, 0.6) is 0 Å². The predicted molar refractivity (Wildman–Crippen MR) is 119 cm³/mol. The molecule has 3 aromatic rings. The number of hydrogen-bond donors (Lipinski definition) is 1. The Morgan fingerprint density at radius 3 is 2.53 bits per heavy atom. The van der Waals surface area contributed by atoms with Crippen LogP contribution in [-0.4, -0.2) is 56.7 Å². The second kappa shape index (κ2) is 7.63. The molecule has 1 N–H and O–H groups in total. The molecule has 3 heterocycles. The average Bonchev–Trinajstić information content (AvgIpc) is 3.13. The first-order valence-corrected chi connectivity index (χ1v) is 10.4. The van der Waals surface area contributed by atoms with Gasteiger partial charge in [0.1, 0.15) is 23.4 Å². The van der Waals surface area contributed by atoms with E-state index in [9.17, 15) is 4.79 Å². The number of H-pyrrole nitrogens is 1. The zero-order chi connectivity index (χ0) is 21.5. The molecule has 1 aromatic carbocycles. The second-order valence-corrected chi connectivity index (χ2v) is 8.97. The number of rotatable bonds is 2. The molecular weight excluding hydrogens is 378 g/mol. The summed E-state index contributed by atoms with van der Waals surface area (Å²) in [6, 6.07) is 10.3. The van der Waals surface area contributed by atoms with E-state index in [1.165, 1.54) is 0 Å². The van der Waals surface area contributed by atoms with Crippen LogP contribution in [0.15, 0.2) is 42.9 Å². The summed E-state index contributed by atoms with van der Waals surface area (Å²) in [5, 5.41) is 1.01. The zero-order valence-electron chi connectivity index (χ0n) is 18.2. The molecule has 30 heavy (non-hydrogen) atoms. The number of anilines is 1. The summed E-state index contributed by atoms with van der Waals surface area (Å²) in [6.45, 7) is 11.1. The lowest BCUT2D eigenvalue weighted by Crippen LogP contribution is -2.59. The Balaban J connectivity index is 1.67. The van der Waals surface area contributed by atoms with Gasteiger partial charge in [-0.05, 0) is 40.2 Å². The summed E-state index contributed by atoms with van der Waals surface area (Å²) in [5.74, 6) is 0.892. The molecule has 0 radical (unpaired) electrons. The first-order chi connectivity index (χ1) is 14.2. The third-order valence-electron chi connectivity index (χ3n) is 5.42. The predicted octanol–water partition coefficient (Wildman–Crippen LogP) is 4.46. The zero-order valence-corrected chi connectivity index (χ0v) is 18.2. The minimum absolute atomic E-state index is 0.000169. The summed E-state index contributed by atoms with van der Waals surface area (Å²) in [6.07, 6.45) is 3.32. The van der Waals surface area contributed by atoms with Gasteiger partial charge in [-0.3, -0.25) is 0 Å². The van der Waals surface area contributed by atoms with E-state index in [-0.39, 0.29) is 18.2 Å². The van der Waals surface area contributed by atoms with Gasteiger partial charge >= 0.3 is 6.09 Å². The van der Waals surface area contributed by atoms with E-state index < -0.39 is 5.60 Å². The molecule has 1 aliphatic rings. The summed E-state index contributed by atoms with van der Waals surface area (Å²) in [4.78, 5) is 29.1. The van der Waals surface area contributed by atoms with E-state index in [0.29, 0.717) is 13.1 Å². The molecule has 1 aliphatic heterocycles. The molecular formula is C23H29N5O2. The Labute approximate surface area is 177 Å². The highest BCUT2D eigenvalue weighted by atomic mass is 16.6. The van der Waals surface area contributed by atoms with Crippen LogP contribution in [0.1, 0.15) is 34.6 Å². The minimum Gasteiger partial charge on any atom is -0.444 e. The van der Waals surface area contributed by atoms with Gasteiger partial charge in [-0.2, -0.15) is 0 Å². The normalized spacial score (nSPS) is 19.9. The van der Waals surface area contributed by atoms with Crippen LogP contribution >= 0.6 is 0 Å². The fourth-order valence-corrected chi connectivity index (χ4v) is 4.01. The van der Waals surface area contributed by atoms with Crippen LogP contribution in [0.25, 0.3) is 22.2 Å². The Bertz CT molecular complexity index is 1040. The minimum atomic E-state index is -0.508. The van der Waals surface area contributed by atoms with Crippen LogP contribution in [0.2, 0.25) is 0 Å². The highest BCUT2D eigenvalue weighted by Gasteiger charge is 2.36. The summed E-state index contributed by atoms with van der Waals surface area (Å²) >= 11 is 0. The fourth-order valence-electron chi connectivity index (χ4n) is 4.01. The van der Waals surface area contributed by atoms with Gasteiger partial charge in [0.25, 0.3) is 0 Å². The SMILES string of the molecule is CC1CN(c2ncnc3[nH]cc(-c4ccccc4)c23)C(C)CN1C(=O)OC(C)(C)C. The van der Waals surface area contributed by atoms with E-state index in [1.54, 1.807) is 6.33 Å². The monoisotopic (exact) mass is 407 g/mol. The number of ether oxygens (including phenoxy) is 1. The van der Waals surface area contributed by atoms with Crippen molar-refractivity contribution in [1.29, 1.82) is 0 Å². The number of aromatic amines is 1. The maximum atomic E-state index is 12.7. The standard InChI is InChI=1S/C23H29N5O2/c1-15-13-28(22(29)30-23(3,4)5)16(2)12-27(15)21-19-18(17-9-7-6-8-10-17)11-24-20(19)25-14-26-21/h6-11,14-16H,12-13H2,1-5H3,(H,24,25,26). The average molecular weight is 408 g/mol. The van der Waals surface area contributed by atoms with Crippen molar-refractivity contribution in [2.24, 2.45) is 0 Å². The molecule has 0 aliphatic carbocycles. The molecule has 7 heteroatoms. The largest absolute Gasteiger partial charge is 0.444 e. The Hall–Kier alpha value is -3.09. The Morgan fingerprint density at radius 2 is 1.83 bits per heavy atom. The van der Waals surface area contributed by atoms with Crippen molar-refractivity contribution < 1.29 is 9.53 Å². The lowest BCUT2D eigenvalue weighted by molar-refractivity contribution is 0.0130. The number of carbonyl (C=O) groups excluding carboxylic acids is 1. The third-order valence-corrected chi connectivity index (χ3v) is 5.42. The quantitative estimate of drug-likeness (QED) is 0.679. The molecule has 1 saturated heterocycles. The number of carbonyl (C=O) groups is 1. The fraction of sp³-hybridized carbons (Fsp3) is 0.435. The number of fused-ring (bicyclic) bond motifs is 1. The van der Waals surface area contributed by atoms with E-state index >= 15 is 0 Å². The molecule has 0 bridgehead atoms. The van der Waals surface area contributed by atoms with Gasteiger partial charge in [-0.25, -0.2) is 14.8 Å². The second-order valence-electron chi connectivity index (χ2n) is 8.97. The van der Waals surface area contributed by atoms with Gasteiger partial charge in [0.05, 0.1) is 5.39 Å². The molecule has 7 nitrogen and oxygen atoms in total. The van der Waals surface area contributed by atoms with Gasteiger partial charge in [-0.15, -0.1) is 0 Å². The summed E-state index contributed by atoms with van der Waals surface area (Å²) < 4.78 is 5.61. The molecule has 0 spiro atoms. The van der Waals surface area contributed by atoms with Gasteiger partial charge in [0, 0.05) is 36.9 Å². The van der Waals surface area contributed by atoms with E-state index in [0.717, 1.165) is 28.0 Å². The number of nitrogens with one attached hydrogen (secondary N) is 1. The smallest absolute Gasteiger partial charge is 0.410 e. The van der Waals surface area contributed by atoms with Crippen molar-refractivity contribution in [2.45, 2.75) is 52.3 Å². The topological polar surface area (TPSA) is 74.4 Å². The number of aromatic nitrogens is 3. The molecule has 158 valence electrons. The maximum Gasteiger partial charge on any atom is 0.410 e. The molecule has 1 amide bonds. The third kappa shape index (κ3) is 3.84. The van der Waals surface area contributed by atoms with Crippen molar-refractivity contribution in [3.63, 3.8) is 0 Å². The molecule has 4 rings (SSSR count). The first-order valence-electron chi connectivity index (χ1n) is 10.4. The van der Waals surface area contributed by atoms with E-state index in [2.05, 4.69) is 45.8 Å². The first kappa shape index (κ1) is 20.2. The van der Waals surface area contributed by atoms with Gasteiger partial charge < -0.3 is 19.5 Å². The van der Waals surface area contributed by atoms with Crippen LogP contribution in [0, 0.1) is 0 Å². The van der Waals surface area contributed by atoms with Crippen LogP contribution in [-0.2, 0) is 4.74 Å². The van der Waals surface area contributed by atoms with E-state index in [1.807, 2.05) is 50.1 Å². The molecule has 2 atom stereocenters. The number of nitrogens with zero attached hydrogens (tertiary/aromatic N) is 4. The molecule has 0 saturated carbocycles. The van der Waals surface area contributed by atoms with Crippen LogP contribution in [0.4, 0.5) is 10.6 Å². The highest BCUT2D eigenvalue weighted by molar-refractivity contribution is 6.01. The van der Waals surface area contributed by atoms with Crippen molar-refractivity contribution >= 4 is 22.9 Å². The molecule has 1 fully saturated rings. The number of hydrogen-bond acceptors (Lipinski definition) is 5. The number of amides is 1. The van der Waals surface area contributed by atoms with Crippen molar-refractivity contribution in [1.82, 2.24) is 19.9 Å². The lowest BCUT2D eigenvalue weighted by atomic mass is 10.0. The molecule has 2 aromatic heterocycles. The lowest BCUT2D eigenvalue weighted by Gasteiger charge is -2.44. The number of benzene rings is 1. The van der Waals surface area contributed by atoms with Crippen molar-refractivity contribution in [2.75, 3.05) is 18.0 Å². The Kier molecular flexibility index (Phi) is 5.13. The van der Waals surface area contributed by atoms with Gasteiger partial charge in [0.2, 0.25) is 0 Å². The van der Waals surface area contributed by atoms with Crippen LogP contribution < -0.4 is 4.90 Å². The summed E-state index contributed by atoms with van der Waals surface area (Å²) in [7, 11) is 0. The highest BCUT2D eigenvalue weighted by Crippen LogP contribution is 2.35. The molecule has 2 unspecified atom stereocenters. The van der Waals surface area contributed by atoms with Gasteiger partial charge in [0.15, 0.2) is 0 Å². The maximum absolute atomic E-state index is 12.7. The van der Waals surface area contributed by atoms with Gasteiger partial charge in [-0.1, -0.05) is 30.3 Å². The van der Waals surface area contributed by atoms with E-state index in [4.69, 9.17) is 4.74 Å². The summed E-state index contributed by atoms with van der Waals surface area (Å²) in [5.41, 5.74) is 2.50.